The van der Waals surface area contributed by atoms with Crippen molar-refractivity contribution in [2.45, 2.75) is 51.4 Å². The zero-order valence-corrected chi connectivity index (χ0v) is 52.0. The molecule has 2 aliphatic heterocycles. The minimum absolute atomic E-state index is 0.122. The fourth-order valence-electron chi connectivity index (χ4n) is 12.0. The van der Waals surface area contributed by atoms with Crippen LogP contribution in [0, 0.1) is 0 Å². The molecule has 2 amide bonds. The molecule has 0 spiro atoms. The Balaban J connectivity index is 0.000000181. The fourth-order valence-corrected chi connectivity index (χ4v) is 12.3. The normalized spacial score (nSPS) is 16.6. The van der Waals surface area contributed by atoms with Gasteiger partial charge in [0.25, 0.3) is 11.8 Å². The molecule has 2 aliphatic carbocycles. The molecule has 6 aromatic carbocycles. The van der Waals surface area contributed by atoms with E-state index < -0.39 is 0 Å². The fraction of sp³-hybridized carbons (Fsp3) is 0.343. The van der Waals surface area contributed by atoms with Crippen LogP contribution >= 0.6 is 15.9 Å². The van der Waals surface area contributed by atoms with Crippen molar-refractivity contribution < 1.29 is 19.1 Å². The minimum atomic E-state index is -0.240. The van der Waals surface area contributed by atoms with E-state index in [-0.39, 0.29) is 23.7 Å². The van der Waals surface area contributed by atoms with Gasteiger partial charge in [0.1, 0.15) is 11.5 Å². The number of carbonyl (C=O) groups is 2. The minimum Gasteiger partial charge on any atom is -0.494 e. The van der Waals surface area contributed by atoms with Gasteiger partial charge in [-0.3, -0.25) is 9.59 Å². The van der Waals surface area contributed by atoms with Gasteiger partial charge in [0.2, 0.25) is 11.9 Å². The van der Waals surface area contributed by atoms with Crippen LogP contribution in [0.4, 0.5) is 23.3 Å². The summed E-state index contributed by atoms with van der Waals surface area (Å²) in [6.45, 7) is 17.9. The van der Waals surface area contributed by atoms with Gasteiger partial charge in [0, 0.05) is 122 Å². The molecule has 2 atom stereocenters. The third kappa shape index (κ3) is 15.4. The lowest BCUT2D eigenvalue weighted by Crippen LogP contribution is -2.44. The van der Waals surface area contributed by atoms with Crippen LogP contribution in [0.1, 0.15) is 92.6 Å². The number of aromatic nitrogens is 4. The molecule has 8 aromatic rings. The number of carbonyl (C=O) groups excluding carboxylic acids is 2. The van der Waals surface area contributed by atoms with Gasteiger partial charge < -0.3 is 50.3 Å². The average molecular weight is 1230 g/mol. The molecule has 12 rings (SSSR count). The summed E-state index contributed by atoms with van der Waals surface area (Å²) in [6, 6.07) is 46.1. The van der Waals surface area contributed by atoms with Gasteiger partial charge in [0.15, 0.2) is 0 Å². The monoisotopic (exact) mass is 1230 g/mol. The number of nitrogens with one attached hydrogen (secondary N) is 4. The molecule has 2 aromatic heterocycles. The molecular weight excluding hydrogens is 1150 g/mol. The van der Waals surface area contributed by atoms with Gasteiger partial charge >= 0.3 is 0 Å². The first-order valence-corrected chi connectivity index (χ1v) is 31.5. The van der Waals surface area contributed by atoms with E-state index >= 15 is 0 Å². The predicted octanol–water partition coefficient (Wildman–Crippen LogP) is 11.8. The number of nitrogens with zero attached hydrogens (tertiary/aromatic N) is 8. The molecular formula is C70H79BrN12O4. The van der Waals surface area contributed by atoms with Crippen LogP contribution in [0.3, 0.4) is 0 Å². The molecule has 87 heavy (non-hydrogen) atoms. The lowest BCUT2D eigenvalue weighted by Gasteiger charge is -2.32. The Morgan fingerprint density at radius 2 is 1.02 bits per heavy atom. The van der Waals surface area contributed by atoms with E-state index in [1.54, 1.807) is 12.1 Å². The van der Waals surface area contributed by atoms with Crippen LogP contribution in [0.2, 0.25) is 0 Å². The smallest absolute Gasteiger partial charge is 0.259 e. The van der Waals surface area contributed by atoms with Gasteiger partial charge in [-0.25, -0.2) is 19.9 Å². The lowest BCUT2D eigenvalue weighted by molar-refractivity contribution is 0.101. The van der Waals surface area contributed by atoms with Crippen LogP contribution in [0.25, 0.3) is 22.5 Å². The van der Waals surface area contributed by atoms with Gasteiger partial charge in [-0.1, -0.05) is 88.7 Å². The molecule has 450 valence electrons. The number of hydrogen-bond acceptors (Lipinski definition) is 14. The maximum absolute atomic E-state index is 13.3. The first kappa shape index (κ1) is 60.6. The Kier molecular flexibility index (Phi) is 20.3. The molecule has 0 bridgehead atoms. The molecule has 17 heteroatoms. The number of likely N-dealkylation sites (N-methyl/N-ethyl adjacent to an activating group) is 2. The summed E-state index contributed by atoms with van der Waals surface area (Å²) in [4.78, 5) is 55.1. The summed E-state index contributed by atoms with van der Waals surface area (Å²) in [5, 5.41) is 13.0. The molecule has 2 unspecified atom stereocenters. The van der Waals surface area contributed by atoms with E-state index in [2.05, 4.69) is 149 Å². The van der Waals surface area contributed by atoms with Crippen molar-refractivity contribution in [3.05, 3.63) is 201 Å². The third-order valence-corrected chi connectivity index (χ3v) is 17.4. The van der Waals surface area contributed by atoms with Crippen molar-refractivity contribution in [1.82, 2.24) is 39.5 Å². The zero-order valence-electron chi connectivity index (χ0n) is 50.4. The Morgan fingerprint density at radius 3 is 1.51 bits per heavy atom. The van der Waals surface area contributed by atoms with Crippen LogP contribution in [-0.4, -0.2) is 157 Å². The number of ether oxygens (including phenoxy) is 2. The summed E-state index contributed by atoms with van der Waals surface area (Å²) >= 11 is 3.41. The number of halogens is 1. The second-order valence-electron chi connectivity index (χ2n) is 22.9. The van der Waals surface area contributed by atoms with Gasteiger partial charge in [-0.05, 0) is 167 Å². The molecule has 0 radical (unpaired) electrons. The maximum Gasteiger partial charge on any atom is 0.259 e. The SMILES string of the molecule is CCOc1ccc(OCC)c(C(=O)Nc2ccc(C3Cc4cnc(NCCCN5CCN(C)CC5)nc4-c4ccccc43)cc2)c1.CN1CCN(CCCNc2ncc3c(n2)-c2ccccc2C(c2ccc(NC(=O)c4ccc(Br)cc4)cc2)C3)CC1. The third-order valence-electron chi connectivity index (χ3n) is 16.9. The van der Waals surface area contributed by atoms with E-state index in [9.17, 15) is 9.59 Å². The Bertz CT molecular complexity index is 3610. The molecule has 4 heterocycles. The van der Waals surface area contributed by atoms with E-state index in [0.717, 1.165) is 148 Å². The summed E-state index contributed by atoms with van der Waals surface area (Å²) < 4.78 is 12.3. The lowest BCUT2D eigenvalue weighted by atomic mass is 9.78. The van der Waals surface area contributed by atoms with E-state index in [4.69, 9.17) is 24.4 Å². The quantitative estimate of drug-likeness (QED) is 0.0533. The van der Waals surface area contributed by atoms with Crippen LogP contribution < -0.4 is 30.7 Å². The Labute approximate surface area is 520 Å². The van der Waals surface area contributed by atoms with Crippen molar-refractivity contribution >= 4 is 51.0 Å². The van der Waals surface area contributed by atoms with Crippen molar-refractivity contribution in [3.63, 3.8) is 0 Å². The second-order valence-corrected chi connectivity index (χ2v) is 23.8. The summed E-state index contributed by atoms with van der Waals surface area (Å²) in [6.07, 6.45) is 7.75. The number of piperazine rings is 2. The Hall–Kier alpha value is -8.06. The number of rotatable bonds is 20. The number of benzene rings is 6. The van der Waals surface area contributed by atoms with Crippen molar-refractivity contribution in [2.24, 2.45) is 0 Å². The highest BCUT2D eigenvalue weighted by molar-refractivity contribution is 9.10. The summed E-state index contributed by atoms with van der Waals surface area (Å²) in [7, 11) is 4.38. The number of anilines is 4. The predicted molar refractivity (Wildman–Crippen MR) is 352 cm³/mol. The first-order valence-electron chi connectivity index (χ1n) is 30.7. The molecule has 4 aliphatic rings. The largest absolute Gasteiger partial charge is 0.494 e. The average Bonchev–Trinajstić information content (AvgIpc) is 2.63. The number of hydrogen-bond donors (Lipinski definition) is 4. The van der Waals surface area contributed by atoms with Gasteiger partial charge in [0.05, 0.1) is 30.2 Å². The van der Waals surface area contributed by atoms with Gasteiger partial charge in [-0.2, -0.15) is 0 Å². The standard InChI is InChI=1S/C37H44N6O3.C33H35BrN6O/c1-4-45-29-15-16-34(46-5-2)33(24-29)36(44)40-28-13-11-26(12-14-28)32-23-27-25-39-37(41-35(27)31-10-7-6-9-30(31)32)38-17-8-18-43-21-19-42(3)20-22-43;1-39-17-19-40(20-18-39)16-4-15-35-33-36-22-25-21-30(28-5-2-3-6-29(28)31(25)38-33)23-9-13-27(14-10-23)37-32(41)24-7-11-26(34)12-8-24/h6-7,9-16,24-25,32H,4-5,8,17-23H2,1-3H3,(H,40,44)(H,38,39,41);2-3,5-14,22,30H,4,15-21H2,1H3,(H,37,41)(H,35,36,38). The van der Waals surface area contributed by atoms with Crippen LogP contribution in [-0.2, 0) is 12.8 Å². The highest BCUT2D eigenvalue weighted by Crippen LogP contribution is 2.44. The van der Waals surface area contributed by atoms with E-state index in [0.29, 0.717) is 53.4 Å². The highest BCUT2D eigenvalue weighted by Gasteiger charge is 2.30. The maximum atomic E-state index is 13.3. The van der Waals surface area contributed by atoms with Crippen LogP contribution in [0.15, 0.2) is 156 Å². The van der Waals surface area contributed by atoms with Crippen molar-refractivity contribution in [3.8, 4) is 34.0 Å². The second kappa shape index (κ2) is 29.1. The Morgan fingerprint density at radius 1 is 0.552 bits per heavy atom. The van der Waals surface area contributed by atoms with Crippen molar-refractivity contribution in [2.75, 3.05) is 127 Å². The van der Waals surface area contributed by atoms with E-state index in [1.807, 2.05) is 80.8 Å². The van der Waals surface area contributed by atoms with Gasteiger partial charge in [-0.15, -0.1) is 0 Å². The van der Waals surface area contributed by atoms with Crippen molar-refractivity contribution in [1.29, 1.82) is 0 Å². The molecule has 4 N–H and O–H groups in total. The molecule has 0 saturated carbocycles. The molecule has 16 nitrogen and oxygen atoms in total. The summed E-state index contributed by atoms with van der Waals surface area (Å²) in [5.41, 5.74) is 14.1. The zero-order chi connectivity index (χ0) is 60.1. The first-order chi connectivity index (χ1) is 42.5. The van der Waals surface area contributed by atoms with E-state index in [1.165, 1.54) is 22.3 Å². The number of amides is 2. The summed E-state index contributed by atoms with van der Waals surface area (Å²) in [5.74, 6) is 2.54. The topological polar surface area (TPSA) is 165 Å². The number of fused-ring (bicyclic) bond motifs is 6. The highest BCUT2D eigenvalue weighted by atomic mass is 79.9. The molecule has 2 fully saturated rings. The molecule has 2 saturated heterocycles. The van der Waals surface area contributed by atoms with Crippen LogP contribution in [0.5, 0.6) is 11.5 Å².